The zero-order valence-electron chi connectivity index (χ0n) is 10.4. The van der Waals surface area contributed by atoms with Crippen LogP contribution in [0.1, 0.15) is 15.9 Å². The number of amides is 1. The first-order valence-electron chi connectivity index (χ1n) is 5.78. The summed E-state index contributed by atoms with van der Waals surface area (Å²) in [6, 6.07) is 11.1. The van der Waals surface area contributed by atoms with Crippen LogP contribution < -0.4 is 16.0 Å². The van der Waals surface area contributed by atoms with E-state index in [1.54, 1.807) is 30.3 Å². The second-order valence-corrected chi connectivity index (χ2v) is 5.20. The van der Waals surface area contributed by atoms with Gasteiger partial charge in [0.2, 0.25) is 0 Å². The third-order valence-electron chi connectivity index (χ3n) is 2.63. The SMILES string of the molecule is NNC(=O)c1ccc(OCc2ccc(F)cc2)c(I)c1. The summed E-state index contributed by atoms with van der Waals surface area (Å²) in [5.41, 5.74) is 3.40. The molecule has 104 valence electrons. The van der Waals surface area contributed by atoms with E-state index in [-0.39, 0.29) is 11.7 Å². The van der Waals surface area contributed by atoms with Gasteiger partial charge in [-0.3, -0.25) is 10.2 Å². The molecule has 0 aliphatic heterocycles. The van der Waals surface area contributed by atoms with Crippen molar-refractivity contribution in [3.05, 3.63) is 63.0 Å². The molecule has 0 unspecified atom stereocenters. The van der Waals surface area contributed by atoms with Crippen LogP contribution in [0.4, 0.5) is 4.39 Å². The molecule has 0 radical (unpaired) electrons. The number of ether oxygens (including phenoxy) is 1. The van der Waals surface area contributed by atoms with Gasteiger partial charge < -0.3 is 4.74 Å². The quantitative estimate of drug-likeness (QED) is 0.368. The molecule has 2 rings (SSSR count). The molecule has 2 aromatic rings. The predicted octanol–water partition coefficient (Wildman–Crippen LogP) is 2.61. The Morgan fingerprint density at radius 1 is 1.25 bits per heavy atom. The fourth-order valence-corrected chi connectivity index (χ4v) is 2.26. The molecule has 0 aliphatic carbocycles. The monoisotopic (exact) mass is 386 g/mol. The van der Waals surface area contributed by atoms with E-state index in [4.69, 9.17) is 10.6 Å². The summed E-state index contributed by atoms with van der Waals surface area (Å²) in [4.78, 5) is 11.4. The first-order chi connectivity index (χ1) is 9.60. The van der Waals surface area contributed by atoms with Crippen LogP contribution in [0.25, 0.3) is 0 Å². The minimum atomic E-state index is -0.354. The Morgan fingerprint density at radius 2 is 1.95 bits per heavy atom. The predicted molar refractivity (Wildman–Crippen MR) is 81.5 cm³/mol. The van der Waals surface area contributed by atoms with E-state index in [1.807, 2.05) is 0 Å². The number of nitrogens with one attached hydrogen (secondary N) is 1. The molecule has 2 aromatic carbocycles. The van der Waals surface area contributed by atoms with E-state index in [0.717, 1.165) is 9.13 Å². The maximum Gasteiger partial charge on any atom is 0.265 e. The molecule has 6 heteroatoms. The van der Waals surface area contributed by atoms with E-state index in [9.17, 15) is 9.18 Å². The van der Waals surface area contributed by atoms with Gasteiger partial charge in [0.15, 0.2) is 0 Å². The fourth-order valence-electron chi connectivity index (χ4n) is 1.58. The van der Waals surface area contributed by atoms with Gasteiger partial charge in [-0.15, -0.1) is 0 Å². The number of hydrazine groups is 1. The van der Waals surface area contributed by atoms with E-state index in [0.29, 0.717) is 17.9 Å². The van der Waals surface area contributed by atoms with E-state index < -0.39 is 0 Å². The van der Waals surface area contributed by atoms with Gasteiger partial charge >= 0.3 is 0 Å². The van der Waals surface area contributed by atoms with Crippen molar-refractivity contribution in [1.82, 2.24) is 5.43 Å². The number of rotatable bonds is 4. The lowest BCUT2D eigenvalue weighted by Gasteiger charge is -2.09. The smallest absolute Gasteiger partial charge is 0.265 e. The molecule has 0 bridgehead atoms. The highest BCUT2D eigenvalue weighted by molar-refractivity contribution is 14.1. The van der Waals surface area contributed by atoms with Crippen molar-refractivity contribution < 1.29 is 13.9 Å². The highest BCUT2D eigenvalue weighted by Gasteiger charge is 2.08. The molecule has 0 aliphatic rings. The van der Waals surface area contributed by atoms with Gasteiger partial charge in [-0.2, -0.15) is 0 Å². The summed E-state index contributed by atoms with van der Waals surface area (Å²) in [6.45, 7) is 0.332. The van der Waals surface area contributed by atoms with E-state index >= 15 is 0 Å². The number of nitrogens with two attached hydrogens (primary N) is 1. The van der Waals surface area contributed by atoms with Crippen LogP contribution in [-0.2, 0) is 6.61 Å². The van der Waals surface area contributed by atoms with Crippen molar-refractivity contribution >= 4 is 28.5 Å². The molecular formula is C14H12FIN2O2. The molecule has 0 spiro atoms. The lowest BCUT2D eigenvalue weighted by atomic mass is 10.2. The average Bonchev–Trinajstić information content (AvgIpc) is 2.46. The molecule has 4 nitrogen and oxygen atoms in total. The number of nitrogen functional groups attached to an aromatic ring is 1. The zero-order chi connectivity index (χ0) is 14.5. The van der Waals surface area contributed by atoms with Crippen molar-refractivity contribution in [1.29, 1.82) is 0 Å². The van der Waals surface area contributed by atoms with Crippen LogP contribution in [0.15, 0.2) is 42.5 Å². The summed E-state index contributed by atoms with van der Waals surface area (Å²) in [7, 11) is 0. The molecule has 0 fully saturated rings. The molecule has 0 atom stereocenters. The van der Waals surface area contributed by atoms with Gasteiger partial charge in [0.05, 0.1) is 3.57 Å². The van der Waals surface area contributed by atoms with Crippen molar-refractivity contribution in [3.8, 4) is 5.75 Å². The Kier molecular flexibility index (Phi) is 4.91. The topological polar surface area (TPSA) is 64.3 Å². The summed E-state index contributed by atoms with van der Waals surface area (Å²) < 4.78 is 19.2. The number of benzene rings is 2. The van der Waals surface area contributed by atoms with Crippen LogP contribution in [-0.4, -0.2) is 5.91 Å². The Labute approximate surface area is 129 Å². The van der Waals surface area contributed by atoms with Gasteiger partial charge in [0, 0.05) is 5.56 Å². The number of carbonyl (C=O) groups excluding carboxylic acids is 1. The molecule has 1 amide bonds. The van der Waals surface area contributed by atoms with Gasteiger partial charge in [-0.05, 0) is 58.5 Å². The molecule has 0 heterocycles. The lowest BCUT2D eigenvalue weighted by molar-refractivity contribution is 0.0953. The minimum Gasteiger partial charge on any atom is -0.488 e. The summed E-state index contributed by atoms with van der Waals surface area (Å²) >= 11 is 2.08. The molecular weight excluding hydrogens is 374 g/mol. The van der Waals surface area contributed by atoms with Crippen molar-refractivity contribution in [2.45, 2.75) is 6.61 Å². The van der Waals surface area contributed by atoms with Crippen molar-refractivity contribution in [2.24, 2.45) is 5.84 Å². The second kappa shape index (κ2) is 6.67. The third-order valence-corrected chi connectivity index (χ3v) is 3.48. The molecule has 0 saturated heterocycles. The van der Waals surface area contributed by atoms with Crippen LogP contribution in [0, 0.1) is 9.39 Å². The van der Waals surface area contributed by atoms with E-state index in [2.05, 4.69) is 28.0 Å². The van der Waals surface area contributed by atoms with Gasteiger partial charge in [0.1, 0.15) is 18.2 Å². The van der Waals surface area contributed by atoms with Gasteiger partial charge in [-0.1, -0.05) is 12.1 Å². The van der Waals surface area contributed by atoms with Gasteiger partial charge in [0.25, 0.3) is 5.91 Å². The second-order valence-electron chi connectivity index (χ2n) is 4.03. The highest BCUT2D eigenvalue weighted by atomic mass is 127. The maximum atomic E-state index is 12.8. The Morgan fingerprint density at radius 3 is 2.55 bits per heavy atom. The number of halogens is 2. The summed E-state index contributed by atoms with van der Waals surface area (Å²) in [5.74, 6) is 5.10. The van der Waals surface area contributed by atoms with Crippen molar-refractivity contribution in [2.75, 3.05) is 0 Å². The fraction of sp³-hybridized carbons (Fsp3) is 0.0714. The first kappa shape index (κ1) is 14.7. The zero-order valence-corrected chi connectivity index (χ0v) is 12.6. The Bertz CT molecular complexity index is 617. The molecule has 20 heavy (non-hydrogen) atoms. The molecule has 0 saturated carbocycles. The van der Waals surface area contributed by atoms with Crippen molar-refractivity contribution in [3.63, 3.8) is 0 Å². The maximum absolute atomic E-state index is 12.8. The van der Waals surface area contributed by atoms with E-state index in [1.165, 1.54) is 12.1 Å². The van der Waals surface area contributed by atoms with Crippen LogP contribution >= 0.6 is 22.6 Å². The normalized spacial score (nSPS) is 10.2. The molecule has 3 N–H and O–H groups in total. The van der Waals surface area contributed by atoms with Crippen LogP contribution in [0.2, 0.25) is 0 Å². The molecule has 0 aromatic heterocycles. The number of hydrogen-bond donors (Lipinski definition) is 2. The first-order valence-corrected chi connectivity index (χ1v) is 6.86. The lowest BCUT2D eigenvalue weighted by Crippen LogP contribution is -2.29. The Hall–Kier alpha value is -1.67. The summed E-state index contributed by atoms with van der Waals surface area (Å²) in [6.07, 6.45) is 0. The number of hydrogen-bond acceptors (Lipinski definition) is 3. The summed E-state index contributed by atoms with van der Waals surface area (Å²) in [5, 5.41) is 0. The van der Waals surface area contributed by atoms with Crippen LogP contribution in [0.5, 0.6) is 5.75 Å². The third kappa shape index (κ3) is 3.67. The Balaban J connectivity index is 2.06. The average molecular weight is 386 g/mol. The minimum absolute atomic E-state index is 0.277. The standard InChI is InChI=1S/C14H12FIN2O2/c15-11-4-1-9(2-5-11)8-20-13-6-3-10(7-12(13)16)14(19)18-17/h1-7H,8,17H2,(H,18,19). The highest BCUT2D eigenvalue weighted by Crippen LogP contribution is 2.23. The van der Waals surface area contributed by atoms with Gasteiger partial charge in [-0.25, -0.2) is 10.2 Å². The van der Waals surface area contributed by atoms with Crippen LogP contribution in [0.3, 0.4) is 0 Å². The number of carbonyl (C=O) groups is 1. The largest absolute Gasteiger partial charge is 0.488 e.